The summed E-state index contributed by atoms with van der Waals surface area (Å²) in [6.45, 7) is -0.297. The smallest absolute Gasteiger partial charge is 0.339 e. The molecule has 0 amide bonds. The summed E-state index contributed by atoms with van der Waals surface area (Å²) >= 11 is 24.9. The predicted molar refractivity (Wildman–Crippen MR) is 175 cm³/mol. The molecule has 46 heavy (non-hydrogen) atoms. The molecule has 0 bridgehead atoms. The van der Waals surface area contributed by atoms with Crippen LogP contribution >= 0.6 is 58.2 Å². The van der Waals surface area contributed by atoms with E-state index in [0.717, 1.165) is 11.8 Å². The van der Waals surface area contributed by atoms with Crippen molar-refractivity contribution in [2.45, 2.75) is 22.9 Å². The monoisotopic (exact) mass is 718 g/mol. The van der Waals surface area contributed by atoms with Crippen LogP contribution < -0.4 is 0 Å². The second-order valence-electron chi connectivity index (χ2n) is 9.81. The Bertz CT molecular complexity index is 1720. The number of carbonyl (C=O) groups is 4. The van der Waals surface area contributed by atoms with Gasteiger partial charge in [0.1, 0.15) is 6.61 Å². The van der Waals surface area contributed by atoms with Crippen LogP contribution in [0.5, 0.6) is 0 Å². The zero-order valence-corrected chi connectivity index (χ0v) is 27.3. The molecule has 1 fully saturated rings. The molecule has 0 N–H and O–H groups in total. The molecule has 0 radical (unpaired) electrons. The number of rotatable bonds is 9. The van der Waals surface area contributed by atoms with Gasteiger partial charge in [-0.1, -0.05) is 46.4 Å². The Balaban J connectivity index is 1.45. The van der Waals surface area contributed by atoms with Gasteiger partial charge in [-0.25, -0.2) is 19.2 Å². The van der Waals surface area contributed by atoms with E-state index in [2.05, 4.69) is 0 Å². The lowest BCUT2D eigenvalue weighted by molar-refractivity contribution is -0.0607. The van der Waals surface area contributed by atoms with Crippen LogP contribution in [0.1, 0.15) is 41.4 Å². The minimum atomic E-state index is -1.32. The highest BCUT2D eigenvalue weighted by Crippen LogP contribution is 2.40. The average Bonchev–Trinajstić information content (AvgIpc) is 3.35. The topological polar surface area (TPSA) is 105 Å². The number of benzene rings is 4. The van der Waals surface area contributed by atoms with Crippen molar-refractivity contribution in [3.05, 3.63) is 139 Å². The first-order chi connectivity index (χ1) is 22.1. The normalized spacial score (nSPS) is 18.8. The summed E-state index contributed by atoms with van der Waals surface area (Å²) in [5.74, 6) is -2.98. The quantitative estimate of drug-likeness (QED) is 0.125. The molecule has 4 aromatic carbocycles. The molecular formula is C33H22Cl4O8S. The number of esters is 4. The lowest BCUT2D eigenvalue weighted by Gasteiger charge is -2.25. The summed E-state index contributed by atoms with van der Waals surface area (Å²) in [7, 11) is 0. The lowest BCUT2D eigenvalue weighted by Crippen LogP contribution is -2.42. The maximum absolute atomic E-state index is 13.3. The van der Waals surface area contributed by atoms with E-state index in [4.69, 9.17) is 65.4 Å². The van der Waals surface area contributed by atoms with Gasteiger partial charge in [0.05, 0.1) is 27.5 Å². The van der Waals surface area contributed by atoms with Crippen molar-refractivity contribution in [2.24, 2.45) is 0 Å². The molecule has 13 heteroatoms. The van der Waals surface area contributed by atoms with Gasteiger partial charge in [0.2, 0.25) is 0 Å². The second-order valence-corrected chi connectivity index (χ2v) is 12.9. The molecule has 1 heterocycles. The van der Waals surface area contributed by atoms with Crippen molar-refractivity contribution in [1.82, 2.24) is 0 Å². The molecule has 5 rings (SSSR count). The highest BCUT2D eigenvalue weighted by atomic mass is 35.5. The van der Waals surface area contributed by atoms with Crippen LogP contribution in [0, 0.1) is 0 Å². The van der Waals surface area contributed by atoms with Gasteiger partial charge in [0, 0.05) is 20.1 Å². The first kappa shape index (κ1) is 33.6. The second kappa shape index (κ2) is 15.2. The summed E-state index contributed by atoms with van der Waals surface area (Å²) in [6, 6.07) is 24.0. The zero-order valence-electron chi connectivity index (χ0n) is 23.4. The van der Waals surface area contributed by atoms with Crippen molar-refractivity contribution >= 4 is 82.0 Å². The summed E-state index contributed by atoms with van der Waals surface area (Å²) < 4.78 is 23.1. The first-order valence-corrected chi connectivity index (χ1v) is 16.0. The van der Waals surface area contributed by atoms with Gasteiger partial charge in [-0.2, -0.15) is 0 Å². The summed E-state index contributed by atoms with van der Waals surface area (Å²) in [5.41, 5.74) is -0.450. The number of hydrogen-bond donors (Lipinski definition) is 0. The Morgan fingerprint density at radius 3 is 1.20 bits per heavy atom. The van der Waals surface area contributed by atoms with E-state index in [0.29, 0.717) is 20.1 Å². The van der Waals surface area contributed by atoms with Gasteiger partial charge >= 0.3 is 23.9 Å². The molecule has 0 aromatic heterocycles. The van der Waals surface area contributed by atoms with E-state index >= 15 is 0 Å². The van der Waals surface area contributed by atoms with Crippen LogP contribution in [0.2, 0.25) is 20.1 Å². The molecule has 1 aliphatic rings. The molecule has 8 nitrogen and oxygen atoms in total. The fourth-order valence-electron chi connectivity index (χ4n) is 4.33. The van der Waals surface area contributed by atoms with E-state index in [1.807, 2.05) is 0 Å². The molecule has 1 unspecified atom stereocenters. The van der Waals surface area contributed by atoms with Crippen molar-refractivity contribution in [2.75, 3.05) is 6.61 Å². The molecule has 1 aliphatic heterocycles. The van der Waals surface area contributed by atoms with Crippen LogP contribution in [-0.4, -0.2) is 53.4 Å². The predicted octanol–water partition coefficient (Wildman–Crippen LogP) is 8.21. The summed E-state index contributed by atoms with van der Waals surface area (Å²) in [4.78, 5) is 52.6. The number of halogens is 4. The third-order valence-corrected chi connectivity index (χ3v) is 9.07. The summed E-state index contributed by atoms with van der Waals surface area (Å²) in [5, 5.41) is 0.827. The Labute approximate surface area is 287 Å². The number of ether oxygens (including phenoxy) is 4. The van der Waals surface area contributed by atoms with E-state index in [1.54, 1.807) is 0 Å². The van der Waals surface area contributed by atoms with Gasteiger partial charge in [0.25, 0.3) is 0 Å². The lowest BCUT2D eigenvalue weighted by atomic mass is 10.1. The fraction of sp³-hybridized carbons (Fsp3) is 0.152. The van der Waals surface area contributed by atoms with Crippen molar-refractivity contribution in [3.63, 3.8) is 0 Å². The maximum atomic E-state index is 13.3. The molecule has 236 valence electrons. The van der Waals surface area contributed by atoms with E-state index in [1.165, 1.54) is 97.1 Å². The average molecular weight is 720 g/mol. The maximum Gasteiger partial charge on any atom is 0.339 e. The Morgan fingerprint density at radius 2 is 0.804 bits per heavy atom. The van der Waals surface area contributed by atoms with Gasteiger partial charge in [-0.3, -0.25) is 0 Å². The molecule has 0 saturated carbocycles. The molecular weight excluding hydrogens is 698 g/mol. The standard InChI is InChI=1S/C33H22Cl4O8S/c34-22-9-1-18(2-10-22)29(38)42-17-26-27(43-30(39)19-3-11-23(35)12-4-19)28(44-31(40)20-5-13-24(36)14-6-20)33(46-26)45-32(41)21-7-15-25(37)16-8-21/h1-16,26-28,33H,17H2/t26-,27+,28+,33?/m1/s1. The highest BCUT2D eigenvalue weighted by Gasteiger charge is 2.52. The molecule has 0 aliphatic carbocycles. The van der Waals surface area contributed by atoms with Crippen LogP contribution in [0.4, 0.5) is 0 Å². The molecule has 1 saturated heterocycles. The van der Waals surface area contributed by atoms with E-state index in [-0.39, 0.29) is 28.9 Å². The van der Waals surface area contributed by atoms with E-state index < -0.39 is 46.8 Å². The summed E-state index contributed by atoms with van der Waals surface area (Å²) in [6.07, 6.45) is -2.55. The van der Waals surface area contributed by atoms with Crippen molar-refractivity contribution in [1.29, 1.82) is 0 Å². The van der Waals surface area contributed by atoms with Gasteiger partial charge in [-0.05, 0) is 97.1 Å². The number of thioether (sulfide) groups is 1. The molecule has 4 atom stereocenters. The Hall–Kier alpha value is -3.73. The van der Waals surface area contributed by atoms with Gasteiger partial charge < -0.3 is 18.9 Å². The van der Waals surface area contributed by atoms with Gasteiger partial charge in [-0.15, -0.1) is 11.8 Å². The van der Waals surface area contributed by atoms with Crippen LogP contribution in [0.15, 0.2) is 97.1 Å². The third kappa shape index (κ3) is 8.54. The van der Waals surface area contributed by atoms with Crippen LogP contribution in [0.3, 0.4) is 0 Å². The first-order valence-electron chi connectivity index (χ1n) is 13.5. The number of carbonyl (C=O) groups excluding carboxylic acids is 4. The number of hydrogen-bond acceptors (Lipinski definition) is 9. The Kier molecular flexibility index (Phi) is 11.1. The Morgan fingerprint density at radius 1 is 0.478 bits per heavy atom. The minimum absolute atomic E-state index is 0.151. The van der Waals surface area contributed by atoms with Crippen molar-refractivity contribution < 1.29 is 38.1 Å². The fourth-order valence-corrected chi connectivity index (χ4v) is 6.20. The molecule has 4 aromatic rings. The zero-order chi connectivity index (χ0) is 32.8. The highest BCUT2D eigenvalue weighted by molar-refractivity contribution is 8.00. The van der Waals surface area contributed by atoms with Crippen LogP contribution in [0.25, 0.3) is 0 Å². The van der Waals surface area contributed by atoms with Crippen molar-refractivity contribution in [3.8, 4) is 0 Å². The largest absolute Gasteiger partial charge is 0.461 e. The van der Waals surface area contributed by atoms with Gasteiger partial charge in [0.15, 0.2) is 17.6 Å². The third-order valence-electron chi connectivity index (χ3n) is 6.68. The molecule has 0 spiro atoms. The van der Waals surface area contributed by atoms with E-state index in [9.17, 15) is 19.2 Å². The van der Waals surface area contributed by atoms with Crippen LogP contribution in [-0.2, 0) is 18.9 Å². The minimum Gasteiger partial charge on any atom is -0.461 e. The SMILES string of the molecule is O=C(OC[C@H]1SC(OC(=O)c2ccc(Cl)cc2)[C@@H](OC(=O)c2ccc(Cl)cc2)[C@H]1OC(=O)c1ccc(Cl)cc1)c1ccc(Cl)cc1.